The van der Waals surface area contributed by atoms with E-state index in [0.29, 0.717) is 6.54 Å². The van der Waals surface area contributed by atoms with Crippen molar-refractivity contribution in [1.82, 2.24) is 5.32 Å². The van der Waals surface area contributed by atoms with E-state index in [1.54, 1.807) is 0 Å². The Hall–Kier alpha value is -2.57. The zero-order valence-corrected chi connectivity index (χ0v) is 12.1. The molecule has 1 aromatic rings. The number of carbonyl (C=O) groups excluding carboxylic acids is 3. The summed E-state index contributed by atoms with van der Waals surface area (Å²) in [5, 5.41) is 14.3. The van der Waals surface area contributed by atoms with E-state index in [0.717, 1.165) is 0 Å². The summed E-state index contributed by atoms with van der Waals surface area (Å²) in [5.41, 5.74) is 0.107. The van der Waals surface area contributed by atoms with Crippen LogP contribution in [0.25, 0.3) is 0 Å². The van der Waals surface area contributed by atoms with Gasteiger partial charge in [-0.2, -0.15) is 0 Å². The summed E-state index contributed by atoms with van der Waals surface area (Å²) in [7, 11) is 1.17. The van der Waals surface area contributed by atoms with Gasteiger partial charge in [0.2, 0.25) is 0 Å². The lowest BCUT2D eigenvalue weighted by Gasteiger charge is -2.09. The number of hydrogen-bond acceptors (Lipinski definition) is 5. The molecule has 0 aliphatic rings. The van der Waals surface area contributed by atoms with E-state index in [-0.39, 0.29) is 22.9 Å². The number of phenols is 1. The van der Waals surface area contributed by atoms with Crippen LogP contribution < -0.4 is 10.6 Å². The molecule has 114 valence electrons. The Labute approximate surface area is 122 Å². The fourth-order valence-electron chi connectivity index (χ4n) is 1.45. The van der Waals surface area contributed by atoms with E-state index < -0.39 is 17.8 Å². The highest BCUT2D eigenvalue weighted by molar-refractivity contribution is 6.39. The Morgan fingerprint density at radius 2 is 1.90 bits per heavy atom. The second-order valence-electron chi connectivity index (χ2n) is 4.78. The van der Waals surface area contributed by atoms with Crippen molar-refractivity contribution in [1.29, 1.82) is 0 Å². The zero-order chi connectivity index (χ0) is 16.0. The number of methoxy groups -OCH3 is 1. The first-order chi connectivity index (χ1) is 9.85. The van der Waals surface area contributed by atoms with Gasteiger partial charge in [-0.05, 0) is 24.1 Å². The third-order valence-electron chi connectivity index (χ3n) is 2.54. The van der Waals surface area contributed by atoms with Crippen LogP contribution in [0.1, 0.15) is 24.2 Å². The van der Waals surface area contributed by atoms with Gasteiger partial charge in [0.25, 0.3) is 0 Å². The van der Waals surface area contributed by atoms with Crippen LogP contribution in [-0.4, -0.2) is 36.5 Å². The molecule has 0 aromatic heterocycles. The standard InChI is InChI=1S/C14H18N2O5/c1-8(2)7-15-12(18)13(19)16-9-4-5-11(17)10(6-9)14(20)21-3/h4-6,8,17H,7H2,1-3H3,(H,15,18)(H,16,19). The molecule has 0 saturated carbocycles. The molecule has 0 heterocycles. The molecular weight excluding hydrogens is 276 g/mol. The number of amides is 2. The predicted molar refractivity (Wildman–Crippen MR) is 75.9 cm³/mol. The van der Waals surface area contributed by atoms with Crippen LogP contribution in [0.5, 0.6) is 5.75 Å². The highest BCUT2D eigenvalue weighted by Crippen LogP contribution is 2.22. The van der Waals surface area contributed by atoms with E-state index in [1.807, 2.05) is 13.8 Å². The van der Waals surface area contributed by atoms with E-state index in [2.05, 4.69) is 15.4 Å². The number of phenolic OH excluding ortho intramolecular Hbond substituents is 1. The minimum Gasteiger partial charge on any atom is -0.507 e. The van der Waals surface area contributed by atoms with Gasteiger partial charge >= 0.3 is 17.8 Å². The van der Waals surface area contributed by atoms with Crippen molar-refractivity contribution in [3.63, 3.8) is 0 Å². The average molecular weight is 294 g/mol. The first-order valence-electron chi connectivity index (χ1n) is 6.35. The van der Waals surface area contributed by atoms with E-state index >= 15 is 0 Å². The molecule has 2 amide bonds. The summed E-state index contributed by atoms with van der Waals surface area (Å²) in [6.07, 6.45) is 0. The van der Waals surface area contributed by atoms with Crippen LogP contribution in [0.3, 0.4) is 0 Å². The van der Waals surface area contributed by atoms with Crippen molar-refractivity contribution in [3.8, 4) is 5.75 Å². The number of aromatic hydroxyl groups is 1. The number of nitrogens with one attached hydrogen (secondary N) is 2. The Balaban J connectivity index is 2.77. The summed E-state index contributed by atoms with van der Waals surface area (Å²) in [6.45, 7) is 4.19. The van der Waals surface area contributed by atoms with Crippen molar-refractivity contribution in [3.05, 3.63) is 23.8 Å². The maximum atomic E-state index is 11.7. The second kappa shape index (κ2) is 7.28. The Morgan fingerprint density at radius 1 is 1.24 bits per heavy atom. The van der Waals surface area contributed by atoms with Crippen LogP contribution >= 0.6 is 0 Å². The molecule has 0 fully saturated rings. The summed E-state index contributed by atoms with van der Waals surface area (Å²) in [4.78, 5) is 34.6. The number of benzene rings is 1. The van der Waals surface area contributed by atoms with Gasteiger partial charge in [0, 0.05) is 12.2 Å². The van der Waals surface area contributed by atoms with Gasteiger partial charge in [0.1, 0.15) is 11.3 Å². The fraction of sp³-hybridized carbons (Fsp3) is 0.357. The molecule has 7 heteroatoms. The first-order valence-corrected chi connectivity index (χ1v) is 6.35. The number of esters is 1. The van der Waals surface area contributed by atoms with Crippen LogP contribution in [0.15, 0.2) is 18.2 Å². The molecule has 0 bridgehead atoms. The zero-order valence-electron chi connectivity index (χ0n) is 12.1. The molecule has 0 aliphatic heterocycles. The normalized spacial score (nSPS) is 10.1. The number of rotatable bonds is 4. The molecule has 1 aromatic carbocycles. The Bertz CT molecular complexity index is 554. The molecule has 0 spiro atoms. The molecule has 0 unspecified atom stereocenters. The minimum atomic E-state index is -0.850. The third-order valence-corrected chi connectivity index (χ3v) is 2.54. The lowest BCUT2D eigenvalue weighted by molar-refractivity contribution is -0.136. The Kier molecular flexibility index (Phi) is 5.71. The summed E-state index contributed by atoms with van der Waals surface area (Å²) in [5.74, 6) is -2.41. The van der Waals surface area contributed by atoms with Gasteiger partial charge < -0.3 is 20.5 Å². The second-order valence-corrected chi connectivity index (χ2v) is 4.78. The monoisotopic (exact) mass is 294 g/mol. The van der Waals surface area contributed by atoms with E-state index in [9.17, 15) is 19.5 Å². The largest absolute Gasteiger partial charge is 0.507 e. The average Bonchev–Trinajstić information content (AvgIpc) is 2.45. The van der Waals surface area contributed by atoms with Gasteiger partial charge in [0.15, 0.2) is 0 Å². The Morgan fingerprint density at radius 3 is 2.48 bits per heavy atom. The van der Waals surface area contributed by atoms with Crippen LogP contribution in [0.2, 0.25) is 0 Å². The lowest BCUT2D eigenvalue weighted by Crippen LogP contribution is -2.37. The lowest BCUT2D eigenvalue weighted by atomic mass is 10.1. The highest BCUT2D eigenvalue weighted by atomic mass is 16.5. The molecule has 0 aliphatic carbocycles. The fourth-order valence-corrected chi connectivity index (χ4v) is 1.45. The van der Waals surface area contributed by atoms with Crippen LogP contribution in [0.4, 0.5) is 5.69 Å². The van der Waals surface area contributed by atoms with Crippen molar-refractivity contribution in [2.45, 2.75) is 13.8 Å². The van der Waals surface area contributed by atoms with Crippen molar-refractivity contribution < 1.29 is 24.2 Å². The first kappa shape index (κ1) is 16.5. The molecule has 0 saturated heterocycles. The van der Waals surface area contributed by atoms with Gasteiger partial charge in [-0.3, -0.25) is 9.59 Å². The van der Waals surface area contributed by atoms with Crippen molar-refractivity contribution in [2.24, 2.45) is 5.92 Å². The molecule has 1 rings (SSSR count). The topological polar surface area (TPSA) is 105 Å². The van der Waals surface area contributed by atoms with Gasteiger partial charge in [-0.25, -0.2) is 4.79 Å². The van der Waals surface area contributed by atoms with Crippen LogP contribution in [-0.2, 0) is 14.3 Å². The minimum absolute atomic E-state index is 0.0992. The van der Waals surface area contributed by atoms with E-state index in [1.165, 1.54) is 25.3 Å². The van der Waals surface area contributed by atoms with Gasteiger partial charge in [-0.15, -0.1) is 0 Å². The third kappa shape index (κ3) is 4.79. The highest BCUT2D eigenvalue weighted by Gasteiger charge is 2.16. The van der Waals surface area contributed by atoms with Gasteiger partial charge in [0.05, 0.1) is 7.11 Å². The van der Waals surface area contributed by atoms with Crippen LogP contribution in [0, 0.1) is 5.92 Å². The van der Waals surface area contributed by atoms with Crippen molar-refractivity contribution in [2.75, 3.05) is 19.0 Å². The number of carbonyl (C=O) groups is 3. The number of ether oxygens (including phenoxy) is 1. The molecule has 0 radical (unpaired) electrons. The number of hydrogen-bond donors (Lipinski definition) is 3. The van der Waals surface area contributed by atoms with E-state index in [4.69, 9.17) is 0 Å². The van der Waals surface area contributed by atoms with Crippen molar-refractivity contribution >= 4 is 23.5 Å². The molecule has 21 heavy (non-hydrogen) atoms. The summed E-state index contributed by atoms with van der Waals surface area (Å²) >= 11 is 0. The molecular formula is C14H18N2O5. The summed E-state index contributed by atoms with van der Waals surface area (Å²) < 4.78 is 4.50. The maximum absolute atomic E-state index is 11.7. The molecule has 3 N–H and O–H groups in total. The molecule has 7 nitrogen and oxygen atoms in total. The maximum Gasteiger partial charge on any atom is 0.341 e. The predicted octanol–water partition coefficient (Wildman–Crippen LogP) is 0.889. The smallest absolute Gasteiger partial charge is 0.341 e. The van der Waals surface area contributed by atoms with Gasteiger partial charge in [-0.1, -0.05) is 13.8 Å². The quantitative estimate of drug-likeness (QED) is 0.434. The molecule has 0 atom stereocenters. The summed E-state index contributed by atoms with van der Waals surface area (Å²) in [6, 6.07) is 3.83. The number of anilines is 1. The SMILES string of the molecule is COC(=O)c1cc(NC(=O)C(=O)NCC(C)C)ccc1O.